The maximum absolute atomic E-state index is 4.27. The van der Waals surface area contributed by atoms with Crippen molar-refractivity contribution in [3.63, 3.8) is 0 Å². The van der Waals surface area contributed by atoms with Crippen LogP contribution in [0.1, 0.15) is 23.7 Å². The molecule has 6 heteroatoms. The molecule has 2 heterocycles. The number of benzene rings is 1. The number of rotatable bonds is 5. The van der Waals surface area contributed by atoms with Crippen molar-refractivity contribution in [3.05, 3.63) is 41.0 Å². The number of thiophene rings is 1. The van der Waals surface area contributed by atoms with Crippen LogP contribution in [0.4, 0.5) is 0 Å². The van der Waals surface area contributed by atoms with Crippen molar-refractivity contribution < 1.29 is 0 Å². The van der Waals surface area contributed by atoms with Gasteiger partial charge in [0, 0.05) is 22.0 Å². The minimum Gasteiger partial charge on any atom is -0.309 e. The van der Waals surface area contributed by atoms with Gasteiger partial charge in [0.15, 0.2) is 5.82 Å². The number of hydrogen-bond acceptors (Lipinski definition) is 5. The molecule has 0 saturated heterocycles. The number of aryl methyl sites for hydroxylation is 1. The van der Waals surface area contributed by atoms with Gasteiger partial charge in [-0.25, -0.2) is 0 Å². The highest BCUT2D eigenvalue weighted by atomic mass is 32.1. The zero-order valence-corrected chi connectivity index (χ0v) is 12.4. The monoisotopic (exact) mass is 287 g/mol. The molecule has 5 nitrogen and oxygen atoms in total. The second-order valence-corrected chi connectivity index (χ2v) is 5.81. The van der Waals surface area contributed by atoms with Crippen molar-refractivity contribution >= 4 is 21.4 Å². The Hall–Kier alpha value is -1.79. The molecule has 3 rings (SSSR count). The van der Waals surface area contributed by atoms with Gasteiger partial charge in [0.1, 0.15) is 0 Å². The van der Waals surface area contributed by atoms with Crippen molar-refractivity contribution in [3.8, 4) is 0 Å². The summed E-state index contributed by atoms with van der Waals surface area (Å²) in [4.78, 5) is 2.82. The molecule has 20 heavy (non-hydrogen) atoms. The Labute approximate surface area is 121 Å². The molecule has 0 radical (unpaired) electrons. The molecule has 0 amide bonds. The maximum atomic E-state index is 4.27. The quantitative estimate of drug-likeness (QED) is 0.782. The van der Waals surface area contributed by atoms with Crippen molar-refractivity contribution in [1.82, 2.24) is 25.5 Å². The van der Waals surface area contributed by atoms with E-state index < -0.39 is 0 Å². The smallest absolute Gasteiger partial charge is 0.176 e. The fraction of sp³-hybridized carbons (Fsp3) is 0.357. The van der Waals surface area contributed by atoms with Crippen LogP contribution in [0.15, 0.2) is 30.3 Å². The Morgan fingerprint density at radius 1 is 1.35 bits per heavy atom. The predicted molar refractivity (Wildman–Crippen MR) is 80.7 cm³/mol. The van der Waals surface area contributed by atoms with E-state index in [1.54, 1.807) is 7.05 Å². The molecule has 3 aromatic rings. The molecule has 1 unspecified atom stereocenters. The van der Waals surface area contributed by atoms with Gasteiger partial charge in [-0.1, -0.05) is 25.1 Å². The third-order valence-corrected chi connectivity index (χ3v) is 4.40. The molecule has 0 aliphatic rings. The fourth-order valence-electron chi connectivity index (χ4n) is 2.28. The summed E-state index contributed by atoms with van der Waals surface area (Å²) >= 11 is 1.83. The Balaban J connectivity index is 1.89. The molecule has 0 aliphatic carbocycles. The van der Waals surface area contributed by atoms with Gasteiger partial charge in [0.25, 0.3) is 0 Å². The molecule has 0 bridgehead atoms. The zero-order valence-electron chi connectivity index (χ0n) is 11.6. The summed E-state index contributed by atoms with van der Waals surface area (Å²) in [5.74, 6) is 0.774. The van der Waals surface area contributed by atoms with Crippen LogP contribution in [0.5, 0.6) is 0 Å². The third kappa shape index (κ3) is 2.71. The molecule has 1 atom stereocenters. The van der Waals surface area contributed by atoms with Gasteiger partial charge >= 0.3 is 0 Å². The molecular weight excluding hydrogens is 270 g/mol. The van der Waals surface area contributed by atoms with E-state index in [2.05, 4.69) is 58.0 Å². The van der Waals surface area contributed by atoms with Crippen molar-refractivity contribution in [2.24, 2.45) is 7.05 Å². The minimum atomic E-state index is 0.238. The largest absolute Gasteiger partial charge is 0.309 e. The van der Waals surface area contributed by atoms with Gasteiger partial charge in [-0.3, -0.25) is 0 Å². The average molecular weight is 287 g/mol. The van der Waals surface area contributed by atoms with E-state index in [1.807, 2.05) is 11.3 Å². The van der Waals surface area contributed by atoms with Gasteiger partial charge < -0.3 is 5.32 Å². The van der Waals surface area contributed by atoms with Crippen molar-refractivity contribution in [1.29, 1.82) is 0 Å². The topological polar surface area (TPSA) is 55.6 Å². The number of hydrogen-bond donors (Lipinski definition) is 1. The van der Waals surface area contributed by atoms with Crippen LogP contribution in [0.25, 0.3) is 10.1 Å². The molecule has 104 valence electrons. The molecule has 1 aromatic carbocycles. The average Bonchev–Trinajstić information content (AvgIpc) is 3.04. The highest BCUT2D eigenvalue weighted by Gasteiger charge is 2.16. The normalized spacial score (nSPS) is 12.9. The molecule has 1 N–H and O–H groups in total. The standard InChI is InChI=1S/C14H17N5S/c1-3-15-11(9-14-16-18-19(2)17-14)13-8-10-6-4-5-7-12(10)20-13/h4-8,11,15H,3,9H2,1-2H3. The number of fused-ring (bicyclic) bond motifs is 1. The second kappa shape index (κ2) is 5.68. The van der Waals surface area contributed by atoms with E-state index in [9.17, 15) is 0 Å². The second-order valence-electron chi connectivity index (χ2n) is 4.70. The number of nitrogens with zero attached hydrogens (tertiary/aromatic N) is 4. The summed E-state index contributed by atoms with van der Waals surface area (Å²) in [6.07, 6.45) is 0.758. The van der Waals surface area contributed by atoms with Gasteiger partial charge in [-0.15, -0.1) is 21.5 Å². The Morgan fingerprint density at radius 2 is 2.20 bits per heavy atom. The summed E-state index contributed by atoms with van der Waals surface area (Å²) < 4.78 is 1.32. The molecule has 0 spiro atoms. The molecular formula is C14H17N5S. The van der Waals surface area contributed by atoms with E-state index in [-0.39, 0.29) is 6.04 Å². The summed E-state index contributed by atoms with van der Waals surface area (Å²) in [6.45, 7) is 3.03. The molecule has 0 saturated carbocycles. The first-order valence-corrected chi connectivity index (χ1v) is 7.52. The summed E-state index contributed by atoms with van der Waals surface area (Å²) in [6, 6.07) is 11.0. The fourth-order valence-corrected chi connectivity index (χ4v) is 3.42. The highest BCUT2D eigenvalue weighted by Crippen LogP contribution is 2.30. The number of aromatic nitrogens is 4. The molecule has 0 aliphatic heterocycles. The SMILES string of the molecule is CCNC(Cc1nnn(C)n1)c1cc2ccccc2s1. The van der Waals surface area contributed by atoms with Crippen LogP contribution < -0.4 is 5.32 Å². The third-order valence-electron chi connectivity index (χ3n) is 3.17. The molecule has 2 aromatic heterocycles. The number of likely N-dealkylation sites (N-methyl/N-ethyl adjacent to an activating group) is 1. The Morgan fingerprint density at radius 3 is 2.90 bits per heavy atom. The van der Waals surface area contributed by atoms with Gasteiger partial charge in [-0.05, 0) is 29.3 Å². The highest BCUT2D eigenvalue weighted by molar-refractivity contribution is 7.19. The Bertz CT molecular complexity index is 669. The van der Waals surface area contributed by atoms with Crippen LogP contribution in [-0.4, -0.2) is 26.8 Å². The van der Waals surface area contributed by atoms with Crippen LogP contribution in [-0.2, 0) is 13.5 Å². The molecule has 0 fully saturated rings. The van der Waals surface area contributed by atoms with Crippen molar-refractivity contribution in [2.45, 2.75) is 19.4 Å². The van der Waals surface area contributed by atoms with E-state index >= 15 is 0 Å². The lowest BCUT2D eigenvalue weighted by atomic mass is 10.1. The Kier molecular flexibility index (Phi) is 3.75. The van der Waals surface area contributed by atoms with Crippen LogP contribution in [0.3, 0.4) is 0 Å². The predicted octanol–water partition coefficient (Wildman–Crippen LogP) is 2.32. The zero-order chi connectivity index (χ0) is 13.9. The van der Waals surface area contributed by atoms with Gasteiger partial charge in [0.2, 0.25) is 0 Å². The number of nitrogens with one attached hydrogen (secondary N) is 1. The van der Waals surface area contributed by atoms with E-state index in [4.69, 9.17) is 0 Å². The lowest BCUT2D eigenvalue weighted by Crippen LogP contribution is -2.22. The van der Waals surface area contributed by atoms with Crippen LogP contribution in [0.2, 0.25) is 0 Å². The van der Waals surface area contributed by atoms with Crippen LogP contribution >= 0.6 is 11.3 Å². The first kappa shape index (κ1) is 13.2. The first-order valence-electron chi connectivity index (χ1n) is 6.71. The summed E-state index contributed by atoms with van der Waals surface area (Å²) in [5.41, 5.74) is 0. The van der Waals surface area contributed by atoms with Crippen LogP contribution in [0, 0.1) is 0 Å². The van der Waals surface area contributed by atoms with E-state index in [0.29, 0.717) is 0 Å². The van der Waals surface area contributed by atoms with Gasteiger partial charge in [-0.2, -0.15) is 4.80 Å². The van der Waals surface area contributed by atoms with Gasteiger partial charge in [0.05, 0.1) is 7.05 Å². The number of tetrazole rings is 1. The lowest BCUT2D eigenvalue weighted by molar-refractivity contribution is 0.542. The first-order chi connectivity index (χ1) is 9.76. The van der Waals surface area contributed by atoms with E-state index in [1.165, 1.54) is 19.8 Å². The maximum Gasteiger partial charge on any atom is 0.176 e. The van der Waals surface area contributed by atoms with Crippen molar-refractivity contribution in [2.75, 3.05) is 6.54 Å². The summed E-state index contributed by atoms with van der Waals surface area (Å²) in [5, 5.41) is 17.1. The summed E-state index contributed by atoms with van der Waals surface area (Å²) in [7, 11) is 1.79. The van der Waals surface area contributed by atoms with E-state index in [0.717, 1.165) is 18.8 Å². The minimum absolute atomic E-state index is 0.238. The lowest BCUT2D eigenvalue weighted by Gasteiger charge is -2.13.